The van der Waals surface area contributed by atoms with Gasteiger partial charge in [0.15, 0.2) is 6.61 Å². The molecule has 9 heteroatoms. The maximum atomic E-state index is 12.8. The first-order valence-corrected chi connectivity index (χ1v) is 8.02. The van der Waals surface area contributed by atoms with Gasteiger partial charge in [-0.05, 0) is 35.9 Å². The number of ether oxygens (including phenoxy) is 2. The summed E-state index contributed by atoms with van der Waals surface area (Å²) in [5.41, 5.74) is -0.551. The van der Waals surface area contributed by atoms with E-state index >= 15 is 0 Å². The zero-order valence-corrected chi connectivity index (χ0v) is 14.9. The molecule has 0 saturated heterocycles. The van der Waals surface area contributed by atoms with Crippen molar-refractivity contribution in [2.45, 2.75) is 12.6 Å². The van der Waals surface area contributed by atoms with Crippen molar-refractivity contribution < 1.29 is 32.2 Å². The third-order valence-corrected chi connectivity index (χ3v) is 3.73. The van der Waals surface area contributed by atoms with Crippen LogP contribution in [0.2, 0.25) is 5.02 Å². The van der Waals surface area contributed by atoms with Crippen molar-refractivity contribution >= 4 is 29.2 Å². The summed E-state index contributed by atoms with van der Waals surface area (Å²) in [6.45, 7) is -0.632. The second kappa shape index (κ2) is 8.77. The fourth-order valence-electron chi connectivity index (χ4n) is 2.16. The van der Waals surface area contributed by atoms with Gasteiger partial charge < -0.3 is 14.8 Å². The maximum Gasteiger partial charge on any atom is 0.417 e. The number of nitrogens with one attached hydrogen (secondary N) is 1. The van der Waals surface area contributed by atoms with E-state index in [1.165, 1.54) is 13.2 Å². The monoisotopic (exact) mass is 401 g/mol. The normalized spacial score (nSPS) is 11.0. The van der Waals surface area contributed by atoms with Gasteiger partial charge in [-0.1, -0.05) is 23.7 Å². The Labute approximate surface area is 158 Å². The average Bonchev–Trinajstić information content (AvgIpc) is 2.61. The van der Waals surface area contributed by atoms with Crippen LogP contribution in [0.3, 0.4) is 0 Å². The predicted octanol–water partition coefficient (Wildman–Crippen LogP) is 4.09. The van der Waals surface area contributed by atoms with Gasteiger partial charge in [-0.3, -0.25) is 9.59 Å². The number of benzene rings is 2. The molecule has 0 radical (unpaired) electrons. The molecule has 0 bridgehead atoms. The summed E-state index contributed by atoms with van der Waals surface area (Å²) in [5.74, 6) is -0.865. The smallest absolute Gasteiger partial charge is 0.417 e. The Hall–Kier alpha value is -2.74. The molecule has 0 aliphatic heterocycles. The van der Waals surface area contributed by atoms with E-state index in [0.29, 0.717) is 17.4 Å². The summed E-state index contributed by atoms with van der Waals surface area (Å²) in [7, 11) is 1.49. The van der Waals surface area contributed by atoms with Crippen LogP contribution in [0.1, 0.15) is 11.1 Å². The average molecular weight is 402 g/mol. The molecule has 1 N–H and O–H groups in total. The largest absolute Gasteiger partial charge is 0.497 e. The molecule has 5 nitrogen and oxygen atoms in total. The molecule has 144 valence electrons. The highest BCUT2D eigenvalue weighted by atomic mass is 35.5. The first kappa shape index (κ1) is 20.6. The molecule has 0 aliphatic carbocycles. The third kappa shape index (κ3) is 6.18. The summed E-state index contributed by atoms with van der Waals surface area (Å²) in [6.07, 6.45) is -4.73. The third-order valence-electron chi connectivity index (χ3n) is 3.40. The van der Waals surface area contributed by atoms with E-state index in [2.05, 4.69) is 5.32 Å². The van der Waals surface area contributed by atoms with Gasteiger partial charge in [-0.25, -0.2) is 0 Å². The van der Waals surface area contributed by atoms with Gasteiger partial charge >= 0.3 is 12.1 Å². The van der Waals surface area contributed by atoms with Crippen molar-refractivity contribution in [1.29, 1.82) is 0 Å². The minimum Gasteiger partial charge on any atom is -0.497 e. The highest BCUT2D eigenvalue weighted by Crippen LogP contribution is 2.36. The van der Waals surface area contributed by atoms with Crippen LogP contribution in [0.25, 0.3) is 0 Å². The van der Waals surface area contributed by atoms with E-state index in [1.807, 2.05) is 0 Å². The molecular formula is C18H15ClF3NO4. The van der Waals surface area contributed by atoms with Gasteiger partial charge in [0.1, 0.15) is 5.75 Å². The summed E-state index contributed by atoms with van der Waals surface area (Å²) in [4.78, 5) is 23.6. The fraction of sp³-hybridized carbons (Fsp3) is 0.222. The van der Waals surface area contributed by atoms with Crippen molar-refractivity contribution in [3.63, 3.8) is 0 Å². The van der Waals surface area contributed by atoms with Crippen molar-refractivity contribution in [2.24, 2.45) is 0 Å². The Kier molecular flexibility index (Phi) is 6.68. The van der Waals surface area contributed by atoms with Gasteiger partial charge in [-0.2, -0.15) is 13.2 Å². The quantitative estimate of drug-likeness (QED) is 0.740. The van der Waals surface area contributed by atoms with E-state index in [1.54, 1.807) is 24.3 Å². The van der Waals surface area contributed by atoms with E-state index in [4.69, 9.17) is 21.1 Å². The minimum atomic E-state index is -4.65. The van der Waals surface area contributed by atoms with Crippen LogP contribution in [0.5, 0.6) is 5.75 Å². The molecule has 27 heavy (non-hydrogen) atoms. The van der Waals surface area contributed by atoms with Crippen LogP contribution < -0.4 is 10.1 Å². The SMILES string of the molecule is COc1cccc(CC(=O)OCC(=O)Nc2ccc(Cl)c(C(F)(F)F)c2)c1. The summed E-state index contributed by atoms with van der Waals surface area (Å²) in [5, 5.41) is 1.74. The second-order valence-electron chi connectivity index (χ2n) is 5.43. The number of esters is 1. The number of hydrogen-bond donors (Lipinski definition) is 1. The number of amides is 1. The molecule has 0 heterocycles. The Bertz CT molecular complexity index is 840. The molecule has 0 fully saturated rings. The standard InChI is InChI=1S/C18H15ClF3NO4/c1-26-13-4-2-3-11(7-13)8-17(25)27-10-16(24)23-12-5-6-15(19)14(9-12)18(20,21)22/h2-7,9H,8,10H2,1H3,(H,23,24). The lowest BCUT2D eigenvalue weighted by molar-refractivity contribution is -0.146. The molecule has 2 rings (SSSR count). The summed E-state index contributed by atoms with van der Waals surface area (Å²) < 4.78 is 48.3. The van der Waals surface area contributed by atoms with Crippen LogP contribution >= 0.6 is 11.6 Å². The number of anilines is 1. The highest BCUT2D eigenvalue weighted by molar-refractivity contribution is 6.31. The molecule has 0 unspecified atom stereocenters. The lowest BCUT2D eigenvalue weighted by atomic mass is 10.1. The van der Waals surface area contributed by atoms with E-state index in [0.717, 1.165) is 6.07 Å². The van der Waals surface area contributed by atoms with Gasteiger partial charge in [-0.15, -0.1) is 0 Å². The number of halogens is 4. The van der Waals surface area contributed by atoms with Crippen LogP contribution in [-0.4, -0.2) is 25.6 Å². The Balaban J connectivity index is 1.89. The molecule has 0 aromatic heterocycles. The fourth-order valence-corrected chi connectivity index (χ4v) is 2.39. The summed E-state index contributed by atoms with van der Waals surface area (Å²) >= 11 is 5.51. The predicted molar refractivity (Wildman–Crippen MR) is 92.7 cm³/mol. The Morgan fingerprint density at radius 2 is 1.89 bits per heavy atom. The molecule has 0 aliphatic rings. The van der Waals surface area contributed by atoms with Gasteiger partial charge in [0.2, 0.25) is 0 Å². The Morgan fingerprint density at radius 1 is 1.15 bits per heavy atom. The van der Waals surface area contributed by atoms with Crippen molar-refractivity contribution in [3.05, 3.63) is 58.6 Å². The second-order valence-corrected chi connectivity index (χ2v) is 5.84. The number of methoxy groups -OCH3 is 1. The van der Waals surface area contributed by atoms with Crippen LogP contribution in [0.15, 0.2) is 42.5 Å². The van der Waals surface area contributed by atoms with E-state index in [-0.39, 0.29) is 12.1 Å². The van der Waals surface area contributed by atoms with Crippen molar-refractivity contribution in [1.82, 2.24) is 0 Å². The number of rotatable bonds is 6. The van der Waals surface area contributed by atoms with Crippen LogP contribution in [0, 0.1) is 0 Å². The molecule has 0 atom stereocenters. The number of carbonyl (C=O) groups is 2. The number of carbonyl (C=O) groups excluding carboxylic acids is 2. The minimum absolute atomic E-state index is 0.0797. The first-order valence-electron chi connectivity index (χ1n) is 7.64. The molecule has 1 amide bonds. The highest BCUT2D eigenvalue weighted by Gasteiger charge is 2.33. The number of alkyl halides is 3. The lowest BCUT2D eigenvalue weighted by Crippen LogP contribution is -2.22. The molecular weight excluding hydrogens is 387 g/mol. The molecule has 0 saturated carbocycles. The number of hydrogen-bond acceptors (Lipinski definition) is 4. The molecule has 2 aromatic rings. The first-order chi connectivity index (χ1) is 12.7. The van der Waals surface area contributed by atoms with Crippen LogP contribution in [-0.2, 0) is 26.9 Å². The van der Waals surface area contributed by atoms with Crippen molar-refractivity contribution in [3.8, 4) is 5.75 Å². The van der Waals surface area contributed by atoms with Crippen LogP contribution in [0.4, 0.5) is 18.9 Å². The van der Waals surface area contributed by atoms with Gasteiger partial charge in [0, 0.05) is 5.69 Å². The molecule has 2 aromatic carbocycles. The van der Waals surface area contributed by atoms with E-state index < -0.39 is 35.2 Å². The van der Waals surface area contributed by atoms with Crippen molar-refractivity contribution in [2.75, 3.05) is 19.0 Å². The van der Waals surface area contributed by atoms with Gasteiger partial charge in [0.25, 0.3) is 5.91 Å². The summed E-state index contributed by atoms with van der Waals surface area (Å²) in [6, 6.07) is 9.70. The van der Waals surface area contributed by atoms with E-state index in [9.17, 15) is 22.8 Å². The van der Waals surface area contributed by atoms with Gasteiger partial charge in [0.05, 0.1) is 24.1 Å². The Morgan fingerprint density at radius 3 is 2.56 bits per heavy atom. The zero-order chi connectivity index (χ0) is 20.0. The maximum absolute atomic E-state index is 12.8. The lowest BCUT2D eigenvalue weighted by Gasteiger charge is -2.12. The molecule has 0 spiro atoms. The topological polar surface area (TPSA) is 64.6 Å². The zero-order valence-electron chi connectivity index (χ0n) is 14.1.